The van der Waals surface area contributed by atoms with Crippen molar-refractivity contribution < 1.29 is 0 Å². The molecule has 5 aromatic carbocycles. The van der Waals surface area contributed by atoms with Crippen LogP contribution >= 0.6 is 0 Å². The Morgan fingerprint density at radius 1 is 0.603 bits per heavy atom. The Hall–Kier alpha value is -6.12. The molecule has 0 amide bonds. The van der Waals surface area contributed by atoms with Gasteiger partial charge in [-0.3, -0.25) is 0 Å². The number of benzene rings is 5. The maximum absolute atomic E-state index is 2.62. The van der Waals surface area contributed by atoms with Crippen molar-refractivity contribution in [2.24, 2.45) is 11.8 Å². The van der Waals surface area contributed by atoms with Crippen molar-refractivity contribution >= 4 is 34.4 Å². The SMILES string of the molecule is CC1(C)c2cc(/C=C/C3=CC=C4c5ccc(N6c7ccccc7C(C)(C)C7C=CC=CC76)cc5C(C)(C)C4C3)ccc2-c2ccc(N3C4=C(CCC=C4)CCc4ccccc43)cc21. The smallest absolute Gasteiger partial charge is 0.0596 e. The molecule has 0 aromatic heterocycles. The number of para-hydroxylation sites is 2. The van der Waals surface area contributed by atoms with Crippen molar-refractivity contribution in [2.45, 2.75) is 95.9 Å². The molecule has 5 aromatic rings. The molecule has 0 fully saturated rings. The molecular weight excluding hydrogens is 761 g/mol. The fraction of sp³-hybridized carbons (Fsp3) is 0.279. The Morgan fingerprint density at radius 2 is 1.33 bits per heavy atom. The molecule has 0 bridgehead atoms. The van der Waals surface area contributed by atoms with Crippen LogP contribution in [-0.4, -0.2) is 6.04 Å². The second-order valence-electron chi connectivity index (χ2n) is 20.9. The van der Waals surface area contributed by atoms with Gasteiger partial charge in [0.2, 0.25) is 0 Å². The van der Waals surface area contributed by atoms with E-state index in [9.17, 15) is 0 Å². The third kappa shape index (κ3) is 5.76. The maximum atomic E-state index is 2.62. The predicted molar refractivity (Wildman–Crippen MR) is 266 cm³/mol. The van der Waals surface area contributed by atoms with Gasteiger partial charge in [0, 0.05) is 45.2 Å². The van der Waals surface area contributed by atoms with Gasteiger partial charge in [0.15, 0.2) is 0 Å². The number of anilines is 4. The monoisotopic (exact) mass is 818 g/mol. The van der Waals surface area contributed by atoms with Gasteiger partial charge < -0.3 is 9.80 Å². The molecule has 312 valence electrons. The van der Waals surface area contributed by atoms with E-state index in [2.05, 4.69) is 215 Å². The van der Waals surface area contributed by atoms with E-state index < -0.39 is 0 Å². The second kappa shape index (κ2) is 13.9. The van der Waals surface area contributed by atoms with Gasteiger partial charge in [-0.25, -0.2) is 0 Å². The topological polar surface area (TPSA) is 6.48 Å². The Morgan fingerprint density at radius 3 is 2.21 bits per heavy atom. The summed E-state index contributed by atoms with van der Waals surface area (Å²) in [6.07, 6.45) is 29.2. The Labute approximate surface area is 375 Å². The molecule has 2 heteroatoms. The zero-order valence-corrected chi connectivity index (χ0v) is 37.8. The molecule has 5 aliphatic carbocycles. The summed E-state index contributed by atoms with van der Waals surface area (Å²) < 4.78 is 0. The highest BCUT2D eigenvalue weighted by Gasteiger charge is 2.47. The highest BCUT2D eigenvalue weighted by atomic mass is 15.2. The van der Waals surface area contributed by atoms with Crippen LogP contribution in [0.25, 0.3) is 22.8 Å². The van der Waals surface area contributed by atoms with Gasteiger partial charge in [0.05, 0.1) is 6.04 Å². The molecule has 2 aliphatic heterocycles. The molecule has 0 radical (unpaired) electrons. The van der Waals surface area contributed by atoms with Crippen LogP contribution in [0.4, 0.5) is 22.7 Å². The molecule has 0 spiro atoms. The first kappa shape index (κ1) is 38.5. The maximum Gasteiger partial charge on any atom is 0.0596 e. The van der Waals surface area contributed by atoms with E-state index >= 15 is 0 Å². The standard InChI is InChI=1S/C61H58N2/c1-59(2)49-17-9-13-21-57(49)63(58-22-14-10-18-50(58)59)44-30-34-48-46-32-26-40(36-52(46)61(5,6)54(48)38-44)24-23-39-25-31-45-47-33-29-43(37-53(47)60(3,4)51(45)35-39)62-55-19-11-7-15-41(55)27-28-42-16-8-12-20-56(42)62/h7,9-15,17-26,29-35,37-38,49,52,57H,8,16,27-28,36H2,1-6H3/b24-23+. The van der Waals surface area contributed by atoms with Crippen molar-refractivity contribution in [3.05, 3.63) is 214 Å². The van der Waals surface area contributed by atoms with Gasteiger partial charge in [0.25, 0.3) is 0 Å². The van der Waals surface area contributed by atoms with Crippen molar-refractivity contribution in [1.29, 1.82) is 0 Å². The van der Waals surface area contributed by atoms with Gasteiger partial charge >= 0.3 is 0 Å². The van der Waals surface area contributed by atoms with Crippen LogP contribution in [-0.2, 0) is 22.7 Å². The fourth-order valence-electron chi connectivity index (χ4n) is 12.8. The summed E-state index contributed by atoms with van der Waals surface area (Å²) in [6, 6.07) is 40.2. The van der Waals surface area contributed by atoms with Gasteiger partial charge in [-0.1, -0.05) is 163 Å². The van der Waals surface area contributed by atoms with Crippen LogP contribution < -0.4 is 9.80 Å². The first-order valence-corrected chi connectivity index (χ1v) is 23.5. The molecule has 0 N–H and O–H groups in total. The molecular formula is C61H58N2. The van der Waals surface area contributed by atoms with Crippen molar-refractivity contribution in [2.75, 3.05) is 9.80 Å². The molecule has 63 heavy (non-hydrogen) atoms. The molecule has 0 saturated carbocycles. The zero-order valence-electron chi connectivity index (χ0n) is 37.8. The first-order chi connectivity index (χ1) is 30.5. The van der Waals surface area contributed by atoms with E-state index in [1.165, 1.54) is 89.7 Å². The molecule has 7 aliphatic rings. The van der Waals surface area contributed by atoms with E-state index in [0.717, 1.165) is 32.1 Å². The minimum absolute atomic E-state index is 0.00379. The molecule has 3 unspecified atom stereocenters. The van der Waals surface area contributed by atoms with Crippen molar-refractivity contribution in [3.63, 3.8) is 0 Å². The Bertz CT molecular complexity index is 2990. The minimum Gasteiger partial charge on any atom is -0.334 e. The van der Waals surface area contributed by atoms with Gasteiger partial charge in [-0.2, -0.15) is 0 Å². The lowest BCUT2D eigenvalue weighted by Crippen LogP contribution is -2.49. The highest BCUT2D eigenvalue weighted by Crippen LogP contribution is 2.57. The van der Waals surface area contributed by atoms with Gasteiger partial charge in [-0.05, 0) is 153 Å². The molecule has 0 saturated heterocycles. The molecule has 2 heterocycles. The lowest BCUT2D eigenvalue weighted by Gasteiger charge is -2.51. The van der Waals surface area contributed by atoms with Crippen LogP contribution in [0.1, 0.15) is 106 Å². The summed E-state index contributed by atoms with van der Waals surface area (Å²) in [7, 11) is 0. The van der Waals surface area contributed by atoms with E-state index in [-0.39, 0.29) is 22.3 Å². The normalized spacial score (nSPS) is 23.7. The molecule has 3 atom stereocenters. The number of rotatable bonds is 4. The number of nitrogens with zero attached hydrogens (tertiary/aromatic N) is 2. The number of hydrogen-bond acceptors (Lipinski definition) is 2. The number of fused-ring (bicyclic) bond motifs is 9. The summed E-state index contributed by atoms with van der Waals surface area (Å²) >= 11 is 0. The Balaban J connectivity index is 0.825. The summed E-state index contributed by atoms with van der Waals surface area (Å²) in [5.41, 5.74) is 23.6. The average molecular weight is 819 g/mol. The van der Waals surface area contributed by atoms with Crippen LogP contribution in [0.3, 0.4) is 0 Å². The quantitative estimate of drug-likeness (QED) is 0.178. The highest BCUT2D eigenvalue weighted by molar-refractivity contribution is 5.87. The largest absolute Gasteiger partial charge is 0.334 e. The van der Waals surface area contributed by atoms with Gasteiger partial charge in [0.1, 0.15) is 0 Å². The van der Waals surface area contributed by atoms with Crippen LogP contribution in [0, 0.1) is 11.8 Å². The fourth-order valence-corrected chi connectivity index (χ4v) is 12.8. The van der Waals surface area contributed by atoms with Crippen molar-refractivity contribution in [1.82, 2.24) is 0 Å². The summed E-state index contributed by atoms with van der Waals surface area (Å²) in [6.45, 7) is 14.6. The lowest BCUT2D eigenvalue weighted by molar-refractivity contribution is 0.332. The van der Waals surface area contributed by atoms with E-state index in [4.69, 9.17) is 0 Å². The minimum atomic E-state index is -0.118. The third-order valence-corrected chi connectivity index (χ3v) is 16.4. The third-order valence-electron chi connectivity index (χ3n) is 16.4. The van der Waals surface area contributed by atoms with Crippen LogP contribution in [0.2, 0.25) is 0 Å². The number of aryl methyl sites for hydroxylation is 1. The van der Waals surface area contributed by atoms with E-state index in [1.54, 1.807) is 5.57 Å². The van der Waals surface area contributed by atoms with E-state index in [0.29, 0.717) is 11.8 Å². The van der Waals surface area contributed by atoms with Gasteiger partial charge in [-0.15, -0.1) is 0 Å². The van der Waals surface area contributed by atoms with E-state index in [1.807, 2.05) is 0 Å². The van der Waals surface area contributed by atoms with Crippen molar-refractivity contribution in [3.8, 4) is 11.1 Å². The number of hydrogen-bond donors (Lipinski definition) is 0. The first-order valence-electron chi connectivity index (χ1n) is 23.5. The summed E-state index contributed by atoms with van der Waals surface area (Å²) in [4.78, 5) is 5.17. The number of allylic oxidation sites excluding steroid dienone is 10. The molecule has 2 nitrogen and oxygen atoms in total. The summed E-state index contributed by atoms with van der Waals surface area (Å²) in [5.74, 6) is 0.830. The second-order valence-corrected chi connectivity index (χ2v) is 20.9. The van der Waals surface area contributed by atoms with Crippen LogP contribution in [0.15, 0.2) is 175 Å². The average Bonchev–Trinajstić information content (AvgIpc) is 3.56. The predicted octanol–water partition coefficient (Wildman–Crippen LogP) is 15.6. The zero-order chi connectivity index (χ0) is 42.8. The Kier molecular flexibility index (Phi) is 8.53. The molecule has 12 rings (SSSR count). The van der Waals surface area contributed by atoms with Crippen LogP contribution in [0.5, 0.6) is 0 Å². The lowest BCUT2D eigenvalue weighted by atomic mass is 9.65. The summed E-state index contributed by atoms with van der Waals surface area (Å²) in [5, 5.41) is 0.